The second kappa shape index (κ2) is 4.94. The number of rotatable bonds is 3. The number of aromatic nitrogens is 6. The van der Waals surface area contributed by atoms with E-state index >= 15 is 0 Å². The number of aliphatic hydroxyl groups excluding tert-OH is 1. The molecule has 0 radical (unpaired) electrons. The molecule has 0 atom stereocenters. The summed E-state index contributed by atoms with van der Waals surface area (Å²) in [5, 5.41) is 39.2. The number of nitrogens with zero attached hydrogens (tertiary/aromatic N) is 4. The van der Waals surface area contributed by atoms with Crippen molar-refractivity contribution in [2.45, 2.75) is 6.29 Å². The van der Waals surface area contributed by atoms with Gasteiger partial charge in [-0.05, 0) is 0 Å². The first kappa shape index (κ1) is 13.4. The Hall–Kier alpha value is -2.99. The molecule has 0 fully saturated rings. The number of aliphatic hydroxyl groups is 2. The van der Waals surface area contributed by atoms with E-state index in [1.807, 2.05) is 9.97 Å². The van der Waals surface area contributed by atoms with Crippen LogP contribution < -0.4 is 11.1 Å². The summed E-state index contributed by atoms with van der Waals surface area (Å²) >= 11 is 0. The molecule has 0 amide bonds. The van der Waals surface area contributed by atoms with Crippen molar-refractivity contribution < 1.29 is 20.1 Å². The quantitative estimate of drug-likeness (QED) is 0.361. The van der Waals surface area contributed by atoms with E-state index < -0.39 is 46.4 Å². The van der Waals surface area contributed by atoms with E-state index in [1.54, 1.807) is 0 Å². The average Bonchev–Trinajstić information content (AvgIpc) is 2.38. The molecule has 2 aromatic heterocycles. The van der Waals surface area contributed by atoms with Crippen LogP contribution in [0.25, 0.3) is 11.4 Å². The highest BCUT2D eigenvalue weighted by molar-refractivity contribution is 5.82. The average molecular weight is 282 g/mol. The molecule has 0 aliphatic carbocycles. The minimum absolute atomic E-state index is 0.523. The fourth-order valence-electron chi connectivity index (χ4n) is 1.21. The Morgan fingerprint density at radius 2 is 1.50 bits per heavy atom. The van der Waals surface area contributed by atoms with Crippen LogP contribution in [0.1, 0.15) is 22.7 Å². The lowest BCUT2D eigenvalue weighted by atomic mass is 10.3. The SMILES string of the molecule is O=C(O)c1nnc(-c2nnc(C(O)O)[nH]c2=O)c(=O)[nH]1. The van der Waals surface area contributed by atoms with Gasteiger partial charge in [-0.1, -0.05) is 0 Å². The van der Waals surface area contributed by atoms with Gasteiger partial charge < -0.3 is 20.3 Å². The highest BCUT2D eigenvalue weighted by Crippen LogP contribution is 2.03. The van der Waals surface area contributed by atoms with Crippen LogP contribution in [0.4, 0.5) is 0 Å². The van der Waals surface area contributed by atoms with Gasteiger partial charge in [0.15, 0.2) is 17.2 Å². The molecule has 0 bridgehead atoms. The number of H-pyrrole nitrogens is 2. The largest absolute Gasteiger partial charge is 0.475 e. The minimum atomic E-state index is -2.04. The molecule has 0 spiro atoms. The summed E-state index contributed by atoms with van der Waals surface area (Å²) in [6, 6.07) is 0. The van der Waals surface area contributed by atoms with Crippen molar-refractivity contribution in [1.82, 2.24) is 30.4 Å². The summed E-state index contributed by atoms with van der Waals surface area (Å²) in [5.74, 6) is -2.73. The third-order valence-electron chi connectivity index (χ3n) is 2.08. The fraction of sp³-hybridized carbons (Fsp3) is 0.125. The van der Waals surface area contributed by atoms with Crippen molar-refractivity contribution >= 4 is 5.97 Å². The van der Waals surface area contributed by atoms with Gasteiger partial charge in [0.2, 0.25) is 12.1 Å². The van der Waals surface area contributed by atoms with Crippen LogP contribution >= 0.6 is 0 Å². The lowest BCUT2D eigenvalue weighted by Crippen LogP contribution is -2.25. The first-order valence-corrected chi connectivity index (χ1v) is 4.94. The van der Waals surface area contributed by atoms with E-state index in [1.165, 1.54) is 0 Å². The molecule has 5 N–H and O–H groups in total. The number of nitrogens with one attached hydrogen (secondary N) is 2. The number of hydrogen-bond acceptors (Lipinski definition) is 9. The predicted molar refractivity (Wildman–Crippen MR) is 58.4 cm³/mol. The summed E-state index contributed by atoms with van der Waals surface area (Å²) in [7, 11) is 0. The molecule has 0 aromatic carbocycles. The molecule has 0 aliphatic rings. The van der Waals surface area contributed by atoms with Crippen LogP contribution in [-0.4, -0.2) is 51.7 Å². The van der Waals surface area contributed by atoms with Crippen molar-refractivity contribution in [3.8, 4) is 11.4 Å². The molecular formula is C8H6N6O6. The van der Waals surface area contributed by atoms with Crippen molar-refractivity contribution in [2.75, 3.05) is 0 Å². The van der Waals surface area contributed by atoms with Crippen molar-refractivity contribution in [1.29, 1.82) is 0 Å². The molecule has 0 unspecified atom stereocenters. The number of aromatic amines is 2. The van der Waals surface area contributed by atoms with Gasteiger partial charge in [0.1, 0.15) is 0 Å². The van der Waals surface area contributed by atoms with Gasteiger partial charge in [-0.2, -0.15) is 0 Å². The van der Waals surface area contributed by atoms with Gasteiger partial charge in [0.25, 0.3) is 11.1 Å². The summed E-state index contributed by atoms with van der Waals surface area (Å²) in [6.45, 7) is 0. The Bertz CT molecular complexity index is 780. The molecule has 12 nitrogen and oxygen atoms in total. The Labute approximate surface area is 107 Å². The summed E-state index contributed by atoms with van der Waals surface area (Å²) in [4.78, 5) is 37.6. The zero-order valence-corrected chi connectivity index (χ0v) is 9.43. The molecular weight excluding hydrogens is 276 g/mol. The van der Waals surface area contributed by atoms with E-state index in [0.717, 1.165) is 0 Å². The van der Waals surface area contributed by atoms with Crippen LogP contribution in [0, 0.1) is 0 Å². The first-order valence-electron chi connectivity index (χ1n) is 4.94. The maximum Gasteiger partial charge on any atom is 0.373 e. The molecule has 0 saturated heterocycles. The van der Waals surface area contributed by atoms with Gasteiger partial charge in [-0.25, -0.2) is 4.79 Å². The summed E-state index contributed by atoms with van der Waals surface area (Å²) < 4.78 is 0. The molecule has 2 heterocycles. The molecule has 0 saturated carbocycles. The fourth-order valence-corrected chi connectivity index (χ4v) is 1.21. The van der Waals surface area contributed by atoms with Gasteiger partial charge in [-0.3, -0.25) is 14.6 Å². The van der Waals surface area contributed by atoms with Crippen LogP contribution in [0.5, 0.6) is 0 Å². The number of carboxylic acid groups (broad SMARTS) is 1. The van der Waals surface area contributed by atoms with Crippen LogP contribution in [-0.2, 0) is 0 Å². The monoisotopic (exact) mass is 282 g/mol. The van der Waals surface area contributed by atoms with E-state index in [4.69, 9.17) is 15.3 Å². The number of hydrogen-bond donors (Lipinski definition) is 5. The second-order valence-corrected chi connectivity index (χ2v) is 3.42. The molecule has 2 rings (SSSR count). The highest BCUT2D eigenvalue weighted by atomic mass is 16.5. The first-order chi connectivity index (χ1) is 9.40. The van der Waals surface area contributed by atoms with Crippen molar-refractivity contribution in [3.63, 3.8) is 0 Å². The third-order valence-corrected chi connectivity index (χ3v) is 2.08. The van der Waals surface area contributed by atoms with E-state index in [0.29, 0.717) is 0 Å². The maximum absolute atomic E-state index is 11.6. The Kier molecular flexibility index (Phi) is 3.32. The van der Waals surface area contributed by atoms with Gasteiger partial charge in [0, 0.05) is 0 Å². The highest BCUT2D eigenvalue weighted by Gasteiger charge is 2.17. The van der Waals surface area contributed by atoms with Crippen LogP contribution in [0.15, 0.2) is 9.59 Å². The zero-order chi connectivity index (χ0) is 14.9. The Morgan fingerprint density at radius 1 is 0.950 bits per heavy atom. The van der Waals surface area contributed by atoms with E-state index in [9.17, 15) is 14.4 Å². The molecule has 0 aliphatic heterocycles. The minimum Gasteiger partial charge on any atom is -0.475 e. The number of carboxylic acids is 1. The standard InChI is InChI=1S/C8H6N6O6/c15-5-1(11-13-3(9-5)7(17)18)2-6(16)10-4(8(19)20)14-12-2/h7,17-18H,(H,19,20)(H,9,13,15)(H,10,14,16). The summed E-state index contributed by atoms with van der Waals surface area (Å²) in [5.41, 5.74) is -3.07. The maximum atomic E-state index is 11.6. The predicted octanol–water partition coefficient (Wildman–Crippen LogP) is -3.01. The third kappa shape index (κ3) is 2.40. The van der Waals surface area contributed by atoms with Crippen molar-refractivity contribution in [3.05, 3.63) is 32.4 Å². The van der Waals surface area contributed by atoms with E-state index in [-0.39, 0.29) is 0 Å². The lowest BCUT2D eigenvalue weighted by molar-refractivity contribution is -0.0502. The smallest absolute Gasteiger partial charge is 0.373 e. The van der Waals surface area contributed by atoms with Crippen molar-refractivity contribution in [2.24, 2.45) is 0 Å². The normalized spacial score (nSPS) is 10.8. The zero-order valence-electron chi connectivity index (χ0n) is 9.43. The molecule has 20 heavy (non-hydrogen) atoms. The Morgan fingerprint density at radius 3 is 1.95 bits per heavy atom. The van der Waals surface area contributed by atoms with Crippen LogP contribution in [0.3, 0.4) is 0 Å². The van der Waals surface area contributed by atoms with Gasteiger partial charge in [-0.15, -0.1) is 20.4 Å². The van der Waals surface area contributed by atoms with Crippen LogP contribution in [0.2, 0.25) is 0 Å². The van der Waals surface area contributed by atoms with Gasteiger partial charge in [0.05, 0.1) is 0 Å². The number of carbonyl (C=O) groups is 1. The topological polar surface area (TPSA) is 195 Å². The Balaban J connectivity index is 2.55. The molecule has 2 aromatic rings. The molecule has 12 heteroatoms. The lowest BCUT2D eigenvalue weighted by Gasteiger charge is -2.02. The number of aromatic carboxylic acids is 1. The molecule has 104 valence electrons. The van der Waals surface area contributed by atoms with E-state index in [2.05, 4.69) is 20.4 Å². The summed E-state index contributed by atoms with van der Waals surface area (Å²) in [6.07, 6.45) is -2.04. The van der Waals surface area contributed by atoms with Gasteiger partial charge >= 0.3 is 5.97 Å². The second-order valence-electron chi connectivity index (χ2n) is 3.42.